The van der Waals surface area contributed by atoms with Crippen LogP contribution in [0.25, 0.3) is 145 Å². The molecule has 0 spiro atoms. The lowest BCUT2D eigenvalue weighted by atomic mass is 9.90. The Hall–Kier alpha value is -11.1. The number of aromatic nitrogens is 5. The summed E-state index contributed by atoms with van der Waals surface area (Å²) in [5, 5.41) is 10.2. The van der Waals surface area contributed by atoms with Gasteiger partial charge in [-0.05, 0) is 83.4 Å². The molecule has 5 aromatic heterocycles. The summed E-state index contributed by atoms with van der Waals surface area (Å²) in [5.74, 6) is 1.70. The monoisotopic (exact) mass is 1060 g/mol. The van der Waals surface area contributed by atoms with E-state index in [1.807, 2.05) is 54.6 Å². The Morgan fingerprint density at radius 2 is 0.843 bits per heavy atom. The Kier molecular flexibility index (Phi) is 9.76. The number of furan rings is 2. The number of hydrogen-bond acceptors (Lipinski definition) is 6. The van der Waals surface area contributed by atoms with Crippen LogP contribution in [0.3, 0.4) is 0 Å². The molecule has 0 bridgehead atoms. The van der Waals surface area contributed by atoms with Crippen molar-refractivity contribution in [3.63, 3.8) is 0 Å². The summed E-state index contributed by atoms with van der Waals surface area (Å²) >= 11 is 0. The summed E-state index contributed by atoms with van der Waals surface area (Å²) in [4.78, 5) is 18.5. The molecule has 6 heterocycles. The maximum atomic E-state index is 6.62. The molecule has 2 atom stereocenters. The summed E-state index contributed by atoms with van der Waals surface area (Å²) < 4.78 is 18.1. The Labute approximate surface area is 475 Å². The van der Waals surface area contributed by atoms with Crippen LogP contribution in [-0.2, 0) is 0 Å². The highest BCUT2D eigenvalue weighted by molar-refractivity contribution is 6.13. The minimum Gasteiger partial charge on any atom is -0.455 e. The van der Waals surface area contributed by atoms with Gasteiger partial charge >= 0.3 is 0 Å². The number of rotatable bonds is 7. The van der Waals surface area contributed by atoms with Crippen LogP contribution < -0.4 is 15.5 Å². The molecule has 0 N–H and O–H groups in total. The van der Waals surface area contributed by atoms with E-state index in [0.717, 1.165) is 127 Å². The molecule has 1 aliphatic carbocycles. The van der Waals surface area contributed by atoms with Crippen LogP contribution in [0, 0.1) is 0 Å². The number of fused-ring (bicyclic) bond motifs is 15. The van der Waals surface area contributed by atoms with Crippen LogP contribution in [0.5, 0.6) is 0 Å². The molecule has 8 heteroatoms. The van der Waals surface area contributed by atoms with Gasteiger partial charge in [-0.3, -0.25) is 0 Å². The fourth-order valence-electron chi connectivity index (χ4n) is 13.6. The molecule has 388 valence electrons. The van der Waals surface area contributed by atoms with Crippen LogP contribution in [0.4, 0.5) is 11.6 Å². The third-order valence-corrected chi connectivity index (χ3v) is 17.3. The van der Waals surface area contributed by atoms with E-state index in [1.54, 1.807) is 0 Å². The van der Waals surface area contributed by atoms with Crippen molar-refractivity contribution in [2.45, 2.75) is 12.0 Å². The molecule has 11 aromatic carbocycles. The van der Waals surface area contributed by atoms with E-state index in [0.29, 0.717) is 17.6 Å². The van der Waals surface area contributed by atoms with E-state index >= 15 is 0 Å². The summed E-state index contributed by atoms with van der Waals surface area (Å²) in [6, 6.07) is 90.1. The molecule has 16 aromatic rings. The SMILES string of the molecule is C1=c2c(n(-c3cccc(-c4cccc5c4oc4ccccc45)c3)c3ccccc23)=CC2c3cc4c(cc3N(c3nc(-c5ccccc5)nc(-c5ccccc5)n3)C12)c1ccccc1n4-c1cccc(-c2cccc3c2oc2ccccc23)c1. The first kappa shape index (κ1) is 45.7. The van der Waals surface area contributed by atoms with E-state index < -0.39 is 0 Å². The van der Waals surface area contributed by atoms with Crippen molar-refractivity contribution < 1.29 is 8.83 Å². The van der Waals surface area contributed by atoms with Gasteiger partial charge in [0.25, 0.3) is 0 Å². The minimum absolute atomic E-state index is 0.127. The Bertz CT molecular complexity index is 5440. The van der Waals surface area contributed by atoms with Gasteiger partial charge in [0.05, 0.1) is 27.9 Å². The zero-order valence-electron chi connectivity index (χ0n) is 44.6. The highest BCUT2D eigenvalue weighted by Crippen LogP contribution is 2.51. The van der Waals surface area contributed by atoms with E-state index in [1.165, 1.54) is 16.2 Å². The van der Waals surface area contributed by atoms with Gasteiger partial charge in [0.1, 0.15) is 22.3 Å². The first-order chi connectivity index (χ1) is 41.1. The summed E-state index contributed by atoms with van der Waals surface area (Å²) in [6.45, 7) is 0. The third-order valence-electron chi connectivity index (χ3n) is 17.3. The number of benzene rings is 11. The molecular formula is C75H46N6O2. The predicted octanol–water partition coefficient (Wildman–Crippen LogP) is 17.3. The maximum absolute atomic E-state index is 6.62. The fourth-order valence-corrected chi connectivity index (χ4v) is 13.6. The molecule has 18 rings (SSSR count). The minimum atomic E-state index is -0.206. The van der Waals surface area contributed by atoms with Gasteiger partial charge in [-0.2, -0.15) is 9.97 Å². The van der Waals surface area contributed by atoms with Crippen molar-refractivity contribution >= 4 is 100 Å². The molecule has 0 radical (unpaired) electrons. The average molecular weight is 1060 g/mol. The van der Waals surface area contributed by atoms with Crippen molar-refractivity contribution in [1.82, 2.24) is 24.1 Å². The molecule has 0 fully saturated rings. The van der Waals surface area contributed by atoms with E-state index in [4.69, 9.17) is 23.8 Å². The van der Waals surface area contributed by atoms with Gasteiger partial charge in [0, 0.05) is 88.2 Å². The zero-order chi connectivity index (χ0) is 54.3. The van der Waals surface area contributed by atoms with Gasteiger partial charge in [-0.1, -0.05) is 200 Å². The van der Waals surface area contributed by atoms with Gasteiger partial charge < -0.3 is 22.9 Å². The standard InChI is InChI=1S/C75H46N6O2/c1-3-19-45(20-4-1)73-76-74(46-21-5-2-6-22-46)78-75(77-73)81-67-41-59-53-27-7-11-35-63(53)79(49-25-15-23-47(39-49)51-31-17-33-57-55-29-9-13-37-69(55)82-71(51)57)65(59)43-61(67)62-44-66-60(42-68(62)81)54-28-8-12-36-64(54)80(66)50-26-16-24-48(40-50)52-32-18-34-58-56-30-10-14-38-70(56)83-72(52)58/h1-44,61,67H. The fraction of sp³-hybridized carbons (Fsp3) is 0.0267. The topological polar surface area (TPSA) is 78.0 Å². The van der Waals surface area contributed by atoms with Crippen LogP contribution in [0.15, 0.2) is 264 Å². The number of nitrogens with zero attached hydrogens (tertiary/aromatic N) is 6. The highest BCUT2D eigenvalue weighted by atomic mass is 16.3. The van der Waals surface area contributed by atoms with Crippen molar-refractivity contribution in [2.75, 3.05) is 4.90 Å². The Morgan fingerprint density at radius 3 is 1.46 bits per heavy atom. The highest BCUT2D eigenvalue weighted by Gasteiger charge is 2.42. The molecule has 0 saturated heterocycles. The van der Waals surface area contributed by atoms with E-state index in [9.17, 15) is 0 Å². The second-order valence-electron chi connectivity index (χ2n) is 21.8. The lowest BCUT2D eigenvalue weighted by Gasteiger charge is -2.27. The Morgan fingerprint density at radius 1 is 0.349 bits per heavy atom. The zero-order valence-corrected chi connectivity index (χ0v) is 44.6. The van der Waals surface area contributed by atoms with Crippen molar-refractivity contribution in [3.05, 3.63) is 271 Å². The van der Waals surface area contributed by atoms with Gasteiger partial charge in [0.15, 0.2) is 11.6 Å². The largest absolute Gasteiger partial charge is 0.455 e. The molecule has 2 unspecified atom stereocenters. The molecule has 0 saturated carbocycles. The summed E-state index contributed by atoms with van der Waals surface area (Å²) in [5.41, 5.74) is 17.4. The van der Waals surface area contributed by atoms with Crippen molar-refractivity contribution in [3.8, 4) is 56.4 Å². The molecule has 8 nitrogen and oxygen atoms in total. The first-order valence-electron chi connectivity index (χ1n) is 28.2. The molecule has 0 amide bonds. The predicted molar refractivity (Wildman–Crippen MR) is 337 cm³/mol. The molecule has 83 heavy (non-hydrogen) atoms. The first-order valence-corrected chi connectivity index (χ1v) is 28.2. The lowest BCUT2D eigenvalue weighted by molar-refractivity contribution is 0.669. The smallest absolute Gasteiger partial charge is 0.234 e. The third kappa shape index (κ3) is 6.90. The lowest BCUT2D eigenvalue weighted by Crippen LogP contribution is -2.40. The van der Waals surface area contributed by atoms with E-state index in [2.05, 4.69) is 226 Å². The summed E-state index contributed by atoms with van der Waals surface area (Å²) in [6.07, 6.45) is 4.99. The molecule has 1 aliphatic heterocycles. The van der Waals surface area contributed by atoms with Crippen molar-refractivity contribution in [1.29, 1.82) is 0 Å². The normalized spacial score (nSPS) is 14.7. The van der Waals surface area contributed by atoms with Gasteiger partial charge in [-0.15, -0.1) is 0 Å². The van der Waals surface area contributed by atoms with Crippen LogP contribution in [-0.4, -0.2) is 30.1 Å². The number of anilines is 2. The maximum Gasteiger partial charge on any atom is 0.234 e. The second-order valence-corrected chi connectivity index (χ2v) is 21.8. The summed E-state index contributed by atoms with van der Waals surface area (Å²) in [7, 11) is 0. The Balaban J connectivity index is 0.880. The van der Waals surface area contributed by atoms with Crippen molar-refractivity contribution in [2.24, 2.45) is 0 Å². The van der Waals surface area contributed by atoms with Crippen LogP contribution >= 0.6 is 0 Å². The van der Waals surface area contributed by atoms with Crippen LogP contribution in [0.1, 0.15) is 11.5 Å². The van der Waals surface area contributed by atoms with Crippen LogP contribution in [0.2, 0.25) is 0 Å². The number of hydrogen-bond donors (Lipinski definition) is 0. The second kappa shape index (κ2) is 17.7. The molecular weight excluding hydrogens is 1020 g/mol. The number of para-hydroxylation sites is 6. The van der Waals surface area contributed by atoms with E-state index in [-0.39, 0.29) is 12.0 Å². The quantitative estimate of drug-likeness (QED) is 0.158. The van der Waals surface area contributed by atoms with Gasteiger partial charge in [0.2, 0.25) is 5.95 Å². The van der Waals surface area contributed by atoms with Gasteiger partial charge in [-0.25, -0.2) is 4.98 Å². The average Bonchev–Trinajstić information content (AvgIpc) is 4.48. The molecule has 2 aliphatic rings.